The highest BCUT2D eigenvalue weighted by Crippen LogP contribution is 2.40. The number of nitriles is 1. The Hall–Kier alpha value is -2.39. The molecule has 3 fully saturated rings. The van der Waals surface area contributed by atoms with Crippen molar-refractivity contribution in [2.45, 2.75) is 101 Å². The van der Waals surface area contributed by atoms with Gasteiger partial charge in [-0.05, 0) is 62.8 Å². The fourth-order valence-corrected chi connectivity index (χ4v) is 6.59. The number of carbonyl (C=O) groups is 2. The minimum Gasteiger partial charge on any atom is -0.369 e. The smallest absolute Gasteiger partial charge is 0.223 e. The van der Waals surface area contributed by atoms with Crippen LogP contribution in [0.4, 0.5) is 0 Å². The molecule has 1 aromatic rings. The highest BCUT2D eigenvalue weighted by molar-refractivity contribution is 5.83. The van der Waals surface area contributed by atoms with Crippen LogP contribution in [0.1, 0.15) is 95.0 Å². The number of nitrogens with zero attached hydrogens (tertiary/aromatic N) is 2. The lowest BCUT2D eigenvalue weighted by molar-refractivity contribution is -0.131. The Kier molecular flexibility index (Phi) is 7.93. The number of nitrogens with one attached hydrogen (secondary N) is 1. The van der Waals surface area contributed by atoms with Gasteiger partial charge in [-0.2, -0.15) is 5.26 Å². The topological polar surface area (TPSA) is 99.2 Å². The molecule has 1 saturated heterocycles. The second-order valence-corrected chi connectivity index (χ2v) is 10.9. The van der Waals surface area contributed by atoms with Crippen LogP contribution in [0.5, 0.6) is 0 Å². The summed E-state index contributed by atoms with van der Waals surface area (Å²) in [5.41, 5.74) is 5.82. The molecule has 0 spiro atoms. The van der Waals surface area contributed by atoms with Crippen molar-refractivity contribution in [1.82, 2.24) is 10.2 Å². The number of nitrogens with two attached hydrogens (primary N) is 1. The Morgan fingerprint density at radius 3 is 2.38 bits per heavy atom. The van der Waals surface area contributed by atoms with E-state index in [1.807, 2.05) is 0 Å². The maximum Gasteiger partial charge on any atom is 0.223 e. The number of piperidine rings is 1. The molecule has 2 unspecified atom stereocenters. The van der Waals surface area contributed by atoms with Crippen molar-refractivity contribution in [3.05, 3.63) is 35.9 Å². The van der Waals surface area contributed by atoms with Crippen LogP contribution >= 0.6 is 0 Å². The predicted octanol–water partition coefficient (Wildman–Crippen LogP) is 4.40. The van der Waals surface area contributed by atoms with Crippen LogP contribution < -0.4 is 11.1 Å². The van der Waals surface area contributed by atoms with E-state index >= 15 is 0 Å². The van der Waals surface area contributed by atoms with Crippen LogP contribution in [0.3, 0.4) is 0 Å². The third kappa shape index (κ3) is 5.63. The van der Waals surface area contributed by atoms with Crippen molar-refractivity contribution in [1.29, 1.82) is 5.26 Å². The number of benzene rings is 1. The minimum absolute atomic E-state index is 0.122. The summed E-state index contributed by atoms with van der Waals surface area (Å²) in [6.45, 7) is 1.68. The molecule has 34 heavy (non-hydrogen) atoms. The monoisotopic (exact) mass is 464 g/mol. The zero-order valence-electron chi connectivity index (χ0n) is 20.4. The van der Waals surface area contributed by atoms with Gasteiger partial charge in [-0.25, -0.2) is 0 Å². The summed E-state index contributed by atoms with van der Waals surface area (Å²) in [6.07, 6.45) is 11.6. The van der Waals surface area contributed by atoms with Crippen molar-refractivity contribution in [3.8, 4) is 6.07 Å². The van der Waals surface area contributed by atoms with E-state index in [9.17, 15) is 14.9 Å². The number of hydrogen-bond acceptors (Lipinski definition) is 4. The van der Waals surface area contributed by atoms with Crippen molar-refractivity contribution in [3.63, 3.8) is 0 Å². The van der Waals surface area contributed by atoms with Crippen LogP contribution in [0.15, 0.2) is 30.3 Å². The zero-order chi connectivity index (χ0) is 24.0. The molecule has 184 valence electrons. The van der Waals surface area contributed by atoms with Gasteiger partial charge in [0.15, 0.2) is 0 Å². The standard InChI is InChI=1S/C28H40N4O2/c29-21-28(31-25(33)12-15-27(26(30)34)13-5-2-6-14-27)16-18-32(19-17-28)24-11-7-10-23(20-24)22-8-3-1-4-9-22/h1,3-4,8-9,23-24H,2,5-7,10-20H2,(H2,30,34)(H,31,33). The summed E-state index contributed by atoms with van der Waals surface area (Å²) in [5, 5.41) is 13.0. The summed E-state index contributed by atoms with van der Waals surface area (Å²) in [6, 6.07) is 13.8. The van der Waals surface area contributed by atoms with Gasteiger partial charge in [-0.15, -0.1) is 0 Å². The van der Waals surface area contributed by atoms with E-state index in [2.05, 4.69) is 46.6 Å². The first-order valence-electron chi connectivity index (χ1n) is 13.3. The second-order valence-electron chi connectivity index (χ2n) is 10.9. The van der Waals surface area contributed by atoms with E-state index in [-0.39, 0.29) is 18.2 Å². The lowest BCUT2D eigenvalue weighted by atomic mass is 9.70. The molecule has 0 bridgehead atoms. The molecule has 6 heteroatoms. The molecule has 1 aliphatic heterocycles. The predicted molar refractivity (Wildman–Crippen MR) is 133 cm³/mol. The van der Waals surface area contributed by atoms with Gasteiger partial charge >= 0.3 is 0 Å². The summed E-state index contributed by atoms with van der Waals surface area (Å²) in [4.78, 5) is 27.5. The van der Waals surface area contributed by atoms with Crippen LogP contribution in [-0.2, 0) is 9.59 Å². The normalized spacial score (nSPS) is 26.8. The van der Waals surface area contributed by atoms with Crippen molar-refractivity contribution in [2.24, 2.45) is 11.1 Å². The van der Waals surface area contributed by atoms with Crippen molar-refractivity contribution >= 4 is 11.8 Å². The number of amides is 2. The molecule has 2 saturated carbocycles. The van der Waals surface area contributed by atoms with Gasteiger partial charge < -0.3 is 16.0 Å². The van der Waals surface area contributed by atoms with Gasteiger partial charge in [0.25, 0.3) is 0 Å². The second kappa shape index (κ2) is 10.9. The maximum atomic E-state index is 12.8. The molecule has 3 aliphatic rings. The first kappa shape index (κ1) is 24.7. The molecular weight excluding hydrogens is 424 g/mol. The number of carbonyl (C=O) groups excluding carboxylic acids is 2. The Bertz CT molecular complexity index is 879. The minimum atomic E-state index is -0.798. The Balaban J connectivity index is 1.29. The molecule has 2 atom stereocenters. The summed E-state index contributed by atoms with van der Waals surface area (Å²) in [7, 11) is 0. The highest BCUT2D eigenvalue weighted by Gasteiger charge is 2.41. The van der Waals surface area contributed by atoms with Gasteiger partial charge in [0, 0.05) is 31.0 Å². The lowest BCUT2D eigenvalue weighted by Gasteiger charge is -2.44. The molecule has 2 amide bonds. The van der Waals surface area contributed by atoms with Gasteiger partial charge in [0.2, 0.25) is 11.8 Å². The molecule has 1 heterocycles. The van der Waals surface area contributed by atoms with Gasteiger partial charge in [-0.1, -0.05) is 56.0 Å². The Labute approximate surface area is 204 Å². The van der Waals surface area contributed by atoms with Crippen LogP contribution in [0.25, 0.3) is 0 Å². The SMILES string of the molecule is N#CC1(NC(=O)CCC2(C(N)=O)CCCCC2)CCN(C2CCCC(c3ccccc3)C2)CC1. The van der Waals surface area contributed by atoms with Crippen molar-refractivity contribution < 1.29 is 9.59 Å². The first-order valence-corrected chi connectivity index (χ1v) is 13.3. The molecule has 1 aromatic carbocycles. The molecular formula is C28H40N4O2. The fraction of sp³-hybridized carbons (Fsp3) is 0.679. The van der Waals surface area contributed by atoms with Crippen molar-refractivity contribution in [2.75, 3.05) is 13.1 Å². The summed E-state index contributed by atoms with van der Waals surface area (Å²) >= 11 is 0. The van der Waals surface area contributed by atoms with Gasteiger partial charge in [0.1, 0.15) is 5.54 Å². The first-order chi connectivity index (χ1) is 16.5. The third-order valence-corrected chi connectivity index (χ3v) is 8.84. The van der Waals surface area contributed by atoms with E-state index in [4.69, 9.17) is 5.73 Å². The molecule has 3 N–H and O–H groups in total. The molecule has 0 radical (unpaired) electrons. The van der Waals surface area contributed by atoms with Crippen LogP contribution in [0, 0.1) is 16.7 Å². The van der Waals surface area contributed by atoms with E-state index < -0.39 is 11.0 Å². The average molecular weight is 465 g/mol. The largest absolute Gasteiger partial charge is 0.369 e. The maximum absolute atomic E-state index is 12.8. The third-order valence-electron chi connectivity index (χ3n) is 8.84. The fourth-order valence-electron chi connectivity index (χ4n) is 6.59. The van der Waals surface area contributed by atoms with E-state index in [1.54, 1.807) is 0 Å². The van der Waals surface area contributed by atoms with Crippen LogP contribution in [0.2, 0.25) is 0 Å². The Morgan fingerprint density at radius 2 is 1.74 bits per heavy atom. The highest BCUT2D eigenvalue weighted by atomic mass is 16.2. The summed E-state index contributed by atoms with van der Waals surface area (Å²) < 4.78 is 0. The number of rotatable bonds is 7. The molecule has 0 aromatic heterocycles. The lowest BCUT2D eigenvalue weighted by Crippen LogP contribution is -2.56. The van der Waals surface area contributed by atoms with Gasteiger partial charge in [0.05, 0.1) is 6.07 Å². The number of likely N-dealkylation sites (tertiary alicyclic amines) is 1. The van der Waals surface area contributed by atoms with E-state index in [1.165, 1.54) is 31.2 Å². The number of primary amides is 1. The van der Waals surface area contributed by atoms with E-state index in [0.29, 0.717) is 31.2 Å². The summed E-state index contributed by atoms with van der Waals surface area (Å²) in [5.74, 6) is 0.215. The van der Waals surface area contributed by atoms with Crippen LogP contribution in [-0.4, -0.2) is 41.4 Å². The van der Waals surface area contributed by atoms with Gasteiger partial charge in [-0.3, -0.25) is 9.59 Å². The van der Waals surface area contributed by atoms with E-state index in [0.717, 1.165) is 45.2 Å². The molecule has 2 aliphatic carbocycles. The molecule has 4 rings (SSSR count). The number of hydrogen-bond donors (Lipinski definition) is 2. The Morgan fingerprint density at radius 1 is 1.03 bits per heavy atom. The average Bonchev–Trinajstić information content (AvgIpc) is 2.89. The molecule has 6 nitrogen and oxygen atoms in total. The quantitative estimate of drug-likeness (QED) is 0.624. The zero-order valence-corrected chi connectivity index (χ0v) is 20.4.